The topological polar surface area (TPSA) is 75.2 Å². The Labute approximate surface area is 178 Å². The van der Waals surface area contributed by atoms with Crippen LogP contribution in [0.5, 0.6) is 0 Å². The first-order valence-corrected chi connectivity index (χ1v) is 10.6. The van der Waals surface area contributed by atoms with Crippen LogP contribution in [0.1, 0.15) is 23.2 Å². The Morgan fingerprint density at radius 3 is 2.79 bits per heavy atom. The van der Waals surface area contributed by atoms with Gasteiger partial charge in [-0.2, -0.15) is 0 Å². The van der Waals surface area contributed by atoms with Crippen molar-refractivity contribution >= 4 is 44.2 Å². The number of anilines is 1. The maximum atomic E-state index is 13.5. The second kappa shape index (κ2) is 8.38. The van der Waals surface area contributed by atoms with Crippen LogP contribution in [0.4, 0.5) is 9.52 Å². The van der Waals surface area contributed by atoms with Gasteiger partial charge in [-0.1, -0.05) is 45.5 Å². The Balaban J connectivity index is 1.47. The smallest absolute Gasteiger partial charge is 0.254 e. The largest absolute Gasteiger partial charge is 0.327 e. The quantitative estimate of drug-likeness (QED) is 0.609. The van der Waals surface area contributed by atoms with E-state index in [4.69, 9.17) is 0 Å². The molecule has 9 heteroatoms. The number of rotatable bonds is 4. The molecule has 0 saturated carbocycles. The number of hydrogen-bond donors (Lipinski definition) is 1. The molecule has 3 aromatic rings. The fourth-order valence-corrected chi connectivity index (χ4v) is 4.41. The summed E-state index contributed by atoms with van der Waals surface area (Å²) in [5, 5.41) is 12.0. The van der Waals surface area contributed by atoms with Crippen molar-refractivity contribution in [1.82, 2.24) is 15.1 Å². The SMILES string of the molecule is O=C(Nc1nnc(-c2cccc(Br)c2)s1)C1CCCN1C(=O)c1cccc(F)c1. The molecule has 6 nitrogen and oxygen atoms in total. The lowest BCUT2D eigenvalue weighted by molar-refractivity contribution is -0.119. The van der Waals surface area contributed by atoms with Gasteiger partial charge in [0.1, 0.15) is 16.9 Å². The predicted octanol–water partition coefficient (Wildman–Crippen LogP) is 4.35. The molecule has 0 spiro atoms. The minimum absolute atomic E-state index is 0.234. The average molecular weight is 475 g/mol. The maximum Gasteiger partial charge on any atom is 0.254 e. The lowest BCUT2D eigenvalue weighted by Crippen LogP contribution is -2.43. The highest BCUT2D eigenvalue weighted by Gasteiger charge is 2.35. The number of nitrogens with zero attached hydrogens (tertiary/aromatic N) is 3. The number of likely N-dealkylation sites (tertiary alicyclic amines) is 1. The minimum atomic E-state index is -0.621. The molecule has 2 heterocycles. The van der Waals surface area contributed by atoms with Gasteiger partial charge in [-0.15, -0.1) is 10.2 Å². The summed E-state index contributed by atoms with van der Waals surface area (Å²) in [7, 11) is 0. The summed E-state index contributed by atoms with van der Waals surface area (Å²) in [5.41, 5.74) is 1.12. The van der Waals surface area contributed by atoms with Crippen LogP contribution in [0.15, 0.2) is 53.0 Å². The van der Waals surface area contributed by atoms with Crippen molar-refractivity contribution < 1.29 is 14.0 Å². The molecule has 1 N–H and O–H groups in total. The third-order valence-electron chi connectivity index (χ3n) is 4.61. The highest BCUT2D eigenvalue weighted by Crippen LogP contribution is 2.29. The Hall–Kier alpha value is -2.65. The van der Waals surface area contributed by atoms with Gasteiger partial charge < -0.3 is 4.90 Å². The van der Waals surface area contributed by atoms with Crippen molar-refractivity contribution in [3.05, 3.63) is 64.4 Å². The molecule has 2 amide bonds. The van der Waals surface area contributed by atoms with Crippen molar-refractivity contribution in [3.8, 4) is 10.6 Å². The molecule has 1 fully saturated rings. The molecule has 1 aliphatic heterocycles. The lowest BCUT2D eigenvalue weighted by atomic mass is 10.1. The summed E-state index contributed by atoms with van der Waals surface area (Å²) in [6.45, 7) is 0.451. The van der Waals surface area contributed by atoms with Gasteiger partial charge in [0.2, 0.25) is 11.0 Å². The Kier molecular flexibility index (Phi) is 5.68. The van der Waals surface area contributed by atoms with Crippen LogP contribution in [-0.4, -0.2) is 39.5 Å². The van der Waals surface area contributed by atoms with E-state index in [0.29, 0.717) is 29.5 Å². The molecule has 0 bridgehead atoms. The third kappa shape index (κ3) is 4.35. The fraction of sp³-hybridized carbons (Fsp3) is 0.200. The first-order chi connectivity index (χ1) is 14.0. The van der Waals surface area contributed by atoms with Crippen LogP contribution < -0.4 is 5.32 Å². The summed E-state index contributed by atoms with van der Waals surface area (Å²) in [5.74, 6) is -1.15. The standard InChI is InChI=1S/C20H16BrFN4O2S/c21-14-6-1-4-12(10-14)18-24-25-20(29-18)23-17(27)16-8-3-9-26(16)19(28)13-5-2-7-15(22)11-13/h1-2,4-7,10-11,16H,3,8-9H2,(H,23,25,27). The summed E-state index contributed by atoms with van der Waals surface area (Å²) in [6, 6.07) is 12.5. The molecule has 29 heavy (non-hydrogen) atoms. The Morgan fingerprint density at radius 2 is 2.00 bits per heavy atom. The summed E-state index contributed by atoms with van der Waals surface area (Å²) in [6.07, 6.45) is 1.25. The zero-order valence-electron chi connectivity index (χ0n) is 15.1. The van der Waals surface area contributed by atoms with Crippen LogP contribution in [-0.2, 0) is 4.79 Å². The molecule has 1 saturated heterocycles. The number of carbonyl (C=O) groups is 2. The van der Waals surface area contributed by atoms with Gasteiger partial charge >= 0.3 is 0 Å². The number of aromatic nitrogens is 2. The zero-order valence-corrected chi connectivity index (χ0v) is 17.5. The van der Waals surface area contributed by atoms with E-state index in [1.54, 1.807) is 6.07 Å². The van der Waals surface area contributed by atoms with Gasteiger partial charge in [0.25, 0.3) is 5.91 Å². The van der Waals surface area contributed by atoms with E-state index in [1.165, 1.54) is 34.4 Å². The third-order valence-corrected chi connectivity index (χ3v) is 6.00. The Bertz CT molecular complexity index is 1070. The van der Waals surface area contributed by atoms with Crippen molar-refractivity contribution in [2.24, 2.45) is 0 Å². The normalized spacial score (nSPS) is 16.1. The van der Waals surface area contributed by atoms with Crippen LogP contribution in [0.2, 0.25) is 0 Å². The summed E-state index contributed by atoms with van der Waals surface area (Å²) in [4.78, 5) is 27.0. The number of nitrogens with one attached hydrogen (secondary N) is 1. The van der Waals surface area contributed by atoms with E-state index < -0.39 is 11.9 Å². The van der Waals surface area contributed by atoms with E-state index in [-0.39, 0.29) is 17.4 Å². The Morgan fingerprint density at radius 1 is 1.17 bits per heavy atom. The van der Waals surface area contributed by atoms with Crippen molar-refractivity contribution in [3.63, 3.8) is 0 Å². The van der Waals surface area contributed by atoms with Gasteiger partial charge in [-0.05, 0) is 43.2 Å². The van der Waals surface area contributed by atoms with Gasteiger partial charge in [0.15, 0.2) is 0 Å². The molecule has 1 aliphatic rings. The molecule has 148 valence electrons. The number of hydrogen-bond acceptors (Lipinski definition) is 5. The molecular formula is C20H16BrFN4O2S. The van der Waals surface area contributed by atoms with Crippen LogP contribution in [0.3, 0.4) is 0 Å². The second-order valence-electron chi connectivity index (χ2n) is 6.58. The van der Waals surface area contributed by atoms with E-state index in [2.05, 4.69) is 31.4 Å². The first kappa shape index (κ1) is 19.7. The van der Waals surface area contributed by atoms with Gasteiger partial charge in [-0.3, -0.25) is 14.9 Å². The maximum absolute atomic E-state index is 13.5. The van der Waals surface area contributed by atoms with E-state index in [0.717, 1.165) is 10.0 Å². The number of benzene rings is 2. The zero-order chi connectivity index (χ0) is 20.4. The number of halogens is 2. The number of amides is 2. The second-order valence-corrected chi connectivity index (χ2v) is 8.47. The molecular weight excluding hydrogens is 459 g/mol. The van der Waals surface area contributed by atoms with Gasteiger partial charge in [0, 0.05) is 22.1 Å². The molecule has 0 aliphatic carbocycles. The van der Waals surface area contributed by atoms with Crippen LogP contribution >= 0.6 is 27.3 Å². The van der Waals surface area contributed by atoms with E-state index in [9.17, 15) is 14.0 Å². The summed E-state index contributed by atoms with van der Waals surface area (Å²) < 4.78 is 14.4. The van der Waals surface area contributed by atoms with E-state index in [1.807, 2.05) is 24.3 Å². The predicted molar refractivity (Wildman–Crippen MR) is 112 cm³/mol. The highest BCUT2D eigenvalue weighted by atomic mass is 79.9. The van der Waals surface area contributed by atoms with Crippen molar-refractivity contribution in [2.75, 3.05) is 11.9 Å². The molecule has 0 radical (unpaired) electrons. The minimum Gasteiger partial charge on any atom is -0.327 e. The van der Waals surface area contributed by atoms with Gasteiger partial charge in [0.05, 0.1) is 0 Å². The van der Waals surface area contributed by atoms with Crippen molar-refractivity contribution in [1.29, 1.82) is 0 Å². The van der Waals surface area contributed by atoms with Crippen molar-refractivity contribution in [2.45, 2.75) is 18.9 Å². The molecule has 1 unspecified atom stereocenters. The molecule has 1 atom stereocenters. The molecule has 4 rings (SSSR count). The summed E-state index contributed by atoms with van der Waals surface area (Å²) >= 11 is 4.68. The first-order valence-electron chi connectivity index (χ1n) is 8.98. The number of carbonyl (C=O) groups excluding carboxylic acids is 2. The monoisotopic (exact) mass is 474 g/mol. The lowest BCUT2D eigenvalue weighted by Gasteiger charge is -2.23. The highest BCUT2D eigenvalue weighted by molar-refractivity contribution is 9.10. The van der Waals surface area contributed by atoms with Gasteiger partial charge in [-0.25, -0.2) is 4.39 Å². The average Bonchev–Trinajstić information content (AvgIpc) is 3.37. The van der Waals surface area contributed by atoms with Crippen LogP contribution in [0.25, 0.3) is 10.6 Å². The fourth-order valence-electron chi connectivity index (χ4n) is 3.27. The van der Waals surface area contributed by atoms with Crippen LogP contribution in [0, 0.1) is 5.82 Å². The molecule has 2 aromatic carbocycles. The van der Waals surface area contributed by atoms with E-state index >= 15 is 0 Å². The molecule has 1 aromatic heterocycles.